The maximum atomic E-state index is 2.37. The van der Waals surface area contributed by atoms with Gasteiger partial charge in [-0.15, -0.1) is 0 Å². The van der Waals surface area contributed by atoms with E-state index in [-0.39, 0.29) is 5.41 Å². The summed E-state index contributed by atoms with van der Waals surface area (Å²) < 4.78 is 0. The number of hydrogen-bond donors (Lipinski definition) is 0. The molecule has 0 N–H and O–H groups in total. The summed E-state index contributed by atoms with van der Waals surface area (Å²) in [6.07, 6.45) is 0. The van der Waals surface area contributed by atoms with Gasteiger partial charge < -0.3 is 0 Å². The number of fused-ring (bicyclic) bond motifs is 2. The first kappa shape index (κ1) is 16.4. The molecule has 27 heavy (non-hydrogen) atoms. The van der Waals surface area contributed by atoms with Crippen molar-refractivity contribution in [2.45, 2.75) is 22.1 Å². The second-order valence-corrected chi connectivity index (χ2v) is 8.16. The normalized spacial score (nSPS) is 14.3. The van der Waals surface area contributed by atoms with Crippen LogP contribution >= 0.6 is 11.8 Å². The van der Waals surface area contributed by atoms with Crippen LogP contribution in [0.3, 0.4) is 0 Å². The monoisotopic (exact) mass is 364 g/mol. The summed E-state index contributed by atoms with van der Waals surface area (Å²) in [6.45, 7) is 2.19. The lowest BCUT2D eigenvalue weighted by molar-refractivity contribution is 0.701. The molecular formula is C26H20S. The van der Waals surface area contributed by atoms with Crippen molar-refractivity contribution < 1.29 is 0 Å². The second kappa shape index (κ2) is 6.44. The molecule has 0 spiro atoms. The first-order valence-electron chi connectivity index (χ1n) is 9.29. The molecule has 4 aromatic rings. The van der Waals surface area contributed by atoms with Gasteiger partial charge in [0.1, 0.15) is 0 Å². The number of hydrogen-bond acceptors (Lipinski definition) is 1. The molecule has 130 valence electrons. The third kappa shape index (κ3) is 2.46. The van der Waals surface area contributed by atoms with Crippen LogP contribution in [0, 0.1) is 6.92 Å². The van der Waals surface area contributed by atoms with Crippen molar-refractivity contribution in [2.75, 3.05) is 0 Å². The lowest BCUT2D eigenvalue weighted by atomic mass is 9.64. The minimum atomic E-state index is -0.300. The van der Waals surface area contributed by atoms with Crippen LogP contribution in [0.25, 0.3) is 0 Å². The molecule has 1 aliphatic rings. The fourth-order valence-corrected chi connectivity index (χ4v) is 5.49. The van der Waals surface area contributed by atoms with Crippen molar-refractivity contribution in [1.82, 2.24) is 0 Å². The van der Waals surface area contributed by atoms with E-state index >= 15 is 0 Å². The Morgan fingerprint density at radius 3 is 1.78 bits per heavy atom. The van der Waals surface area contributed by atoms with Gasteiger partial charge >= 0.3 is 0 Å². The van der Waals surface area contributed by atoms with Crippen LogP contribution in [0.15, 0.2) is 113 Å². The van der Waals surface area contributed by atoms with E-state index in [9.17, 15) is 0 Å². The third-order valence-corrected chi connectivity index (χ3v) is 6.62. The van der Waals surface area contributed by atoms with E-state index in [2.05, 4.69) is 110 Å². The van der Waals surface area contributed by atoms with E-state index in [0.29, 0.717) is 0 Å². The minimum absolute atomic E-state index is 0.300. The molecule has 0 aromatic heterocycles. The van der Waals surface area contributed by atoms with Crippen LogP contribution in [0.5, 0.6) is 0 Å². The van der Waals surface area contributed by atoms with Gasteiger partial charge in [0, 0.05) is 9.79 Å². The molecule has 0 unspecified atom stereocenters. The molecule has 1 heterocycles. The SMILES string of the molecule is Cc1ccc2c(c1)C(c1ccccc1)(c1ccccc1)c1ccccc1S2. The Kier molecular flexibility index (Phi) is 3.91. The molecule has 1 heteroatoms. The molecule has 4 aromatic carbocycles. The maximum absolute atomic E-state index is 2.37. The smallest absolute Gasteiger partial charge is 0.0723 e. The van der Waals surface area contributed by atoms with Gasteiger partial charge in [-0.05, 0) is 41.3 Å². The first-order valence-corrected chi connectivity index (χ1v) is 10.1. The van der Waals surface area contributed by atoms with Gasteiger partial charge in [0.25, 0.3) is 0 Å². The van der Waals surface area contributed by atoms with Crippen molar-refractivity contribution in [2.24, 2.45) is 0 Å². The minimum Gasteiger partial charge on any atom is -0.0894 e. The highest BCUT2D eigenvalue weighted by Gasteiger charge is 2.43. The zero-order valence-electron chi connectivity index (χ0n) is 15.2. The van der Waals surface area contributed by atoms with Crippen LogP contribution in [0.2, 0.25) is 0 Å². The topological polar surface area (TPSA) is 0 Å². The predicted molar refractivity (Wildman–Crippen MR) is 114 cm³/mol. The summed E-state index contributed by atoms with van der Waals surface area (Å²) in [5.74, 6) is 0. The highest BCUT2D eigenvalue weighted by Crippen LogP contribution is 2.55. The Balaban J connectivity index is 1.98. The molecule has 1 aliphatic heterocycles. The quantitative estimate of drug-likeness (QED) is 0.330. The Bertz CT molecular complexity index is 1060. The van der Waals surface area contributed by atoms with Crippen molar-refractivity contribution in [1.29, 1.82) is 0 Å². The van der Waals surface area contributed by atoms with Crippen molar-refractivity contribution in [3.05, 3.63) is 131 Å². The van der Waals surface area contributed by atoms with Crippen molar-refractivity contribution >= 4 is 11.8 Å². The molecule has 0 aliphatic carbocycles. The molecule has 0 atom stereocenters. The van der Waals surface area contributed by atoms with E-state index in [0.717, 1.165) is 0 Å². The molecular weight excluding hydrogens is 344 g/mol. The van der Waals surface area contributed by atoms with Crippen molar-refractivity contribution in [3.8, 4) is 0 Å². The lowest BCUT2D eigenvalue weighted by Crippen LogP contribution is -2.34. The number of benzene rings is 4. The van der Waals surface area contributed by atoms with Gasteiger partial charge in [-0.1, -0.05) is 108 Å². The summed E-state index contributed by atoms with van der Waals surface area (Å²) in [4.78, 5) is 2.67. The zero-order valence-corrected chi connectivity index (χ0v) is 16.0. The average Bonchev–Trinajstić information content (AvgIpc) is 2.73. The van der Waals surface area contributed by atoms with Gasteiger partial charge in [0.2, 0.25) is 0 Å². The molecule has 0 saturated heterocycles. The fraction of sp³-hybridized carbons (Fsp3) is 0.0769. The summed E-state index contributed by atoms with van der Waals surface area (Å²) in [7, 11) is 0. The van der Waals surface area contributed by atoms with E-state index in [1.165, 1.54) is 37.6 Å². The molecule has 0 nitrogen and oxygen atoms in total. The van der Waals surface area contributed by atoms with Gasteiger partial charge in [-0.3, -0.25) is 0 Å². The Morgan fingerprint density at radius 1 is 0.556 bits per heavy atom. The number of aryl methyl sites for hydroxylation is 1. The van der Waals surface area contributed by atoms with Crippen LogP contribution in [0.1, 0.15) is 27.8 Å². The molecule has 0 amide bonds. The van der Waals surface area contributed by atoms with Crippen LogP contribution in [-0.2, 0) is 5.41 Å². The zero-order chi connectivity index (χ0) is 18.3. The van der Waals surface area contributed by atoms with Gasteiger partial charge in [0.05, 0.1) is 5.41 Å². The second-order valence-electron chi connectivity index (χ2n) is 7.08. The highest BCUT2D eigenvalue weighted by molar-refractivity contribution is 7.99. The standard InChI is InChI=1S/C26H20S/c1-19-16-17-25-23(18-19)26(20-10-4-2-5-11-20,21-12-6-3-7-13-21)22-14-8-9-15-24(22)27-25/h2-18H,1H3. The van der Waals surface area contributed by atoms with Gasteiger partial charge in [-0.2, -0.15) is 0 Å². The summed E-state index contributed by atoms with van der Waals surface area (Å²) in [6, 6.07) is 37.6. The molecule has 0 radical (unpaired) electrons. The first-order chi connectivity index (χ1) is 13.3. The van der Waals surface area contributed by atoms with Gasteiger partial charge in [-0.25, -0.2) is 0 Å². The summed E-state index contributed by atoms with van der Waals surface area (Å²) >= 11 is 1.88. The number of rotatable bonds is 2. The summed E-state index contributed by atoms with van der Waals surface area (Å²) in [5, 5.41) is 0. The fourth-order valence-electron chi connectivity index (χ4n) is 4.32. The molecule has 0 fully saturated rings. The van der Waals surface area contributed by atoms with E-state index in [4.69, 9.17) is 0 Å². The van der Waals surface area contributed by atoms with Crippen LogP contribution < -0.4 is 0 Å². The third-order valence-electron chi connectivity index (χ3n) is 5.46. The lowest BCUT2D eigenvalue weighted by Gasteiger charge is -2.42. The van der Waals surface area contributed by atoms with E-state index < -0.39 is 0 Å². The van der Waals surface area contributed by atoms with Gasteiger partial charge in [0.15, 0.2) is 0 Å². The highest BCUT2D eigenvalue weighted by atomic mass is 32.2. The summed E-state index contributed by atoms with van der Waals surface area (Å²) in [5.41, 5.74) is 6.37. The largest absolute Gasteiger partial charge is 0.0894 e. The van der Waals surface area contributed by atoms with E-state index in [1.54, 1.807) is 0 Å². The molecule has 0 saturated carbocycles. The average molecular weight is 365 g/mol. The maximum Gasteiger partial charge on any atom is 0.0723 e. The molecule has 5 rings (SSSR count). The Morgan fingerprint density at radius 2 is 1.11 bits per heavy atom. The Hall–Kier alpha value is -2.77. The Labute approximate surface area is 164 Å². The van der Waals surface area contributed by atoms with Crippen LogP contribution in [0.4, 0.5) is 0 Å². The van der Waals surface area contributed by atoms with Crippen LogP contribution in [-0.4, -0.2) is 0 Å². The molecule has 0 bridgehead atoms. The predicted octanol–water partition coefficient (Wildman–Crippen LogP) is 6.84. The van der Waals surface area contributed by atoms with E-state index in [1.807, 2.05) is 11.8 Å². The van der Waals surface area contributed by atoms with Crippen molar-refractivity contribution in [3.63, 3.8) is 0 Å².